The molecule has 34 heavy (non-hydrogen) atoms. The van der Waals surface area contributed by atoms with Crippen LogP contribution in [0.1, 0.15) is 35.1 Å². The Balaban J connectivity index is 1.17. The summed E-state index contributed by atoms with van der Waals surface area (Å²) >= 11 is 0. The number of ether oxygens (including phenoxy) is 2. The number of unbranched alkanes of at least 4 members (excludes halogenated alkanes) is 1. The predicted molar refractivity (Wildman–Crippen MR) is 135 cm³/mol. The van der Waals surface area contributed by atoms with Crippen LogP contribution in [0.2, 0.25) is 0 Å². The summed E-state index contributed by atoms with van der Waals surface area (Å²) in [4.78, 5) is 0. The van der Waals surface area contributed by atoms with Crippen molar-refractivity contribution < 1.29 is 19.7 Å². The summed E-state index contributed by atoms with van der Waals surface area (Å²) in [5.41, 5.74) is 4.08. The predicted octanol–water partition coefficient (Wildman–Crippen LogP) is 6.52. The highest BCUT2D eigenvalue weighted by molar-refractivity contribution is 5.43. The molecule has 0 aliphatic carbocycles. The highest BCUT2D eigenvalue weighted by atomic mass is 16.5. The lowest BCUT2D eigenvalue weighted by Crippen LogP contribution is -2.03. The van der Waals surface area contributed by atoms with E-state index < -0.39 is 0 Å². The van der Waals surface area contributed by atoms with Crippen molar-refractivity contribution in [2.75, 3.05) is 13.2 Å². The van der Waals surface area contributed by atoms with E-state index in [0.717, 1.165) is 35.1 Å². The minimum absolute atomic E-state index is 0.250. The van der Waals surface area contributed by atoms with E-state index in [9.17, 15) is 10.2 Å². The third-order valence-corrected chi connectivity index (χ3v) is 5.66. The summed E-state index contributed by atoms with van der Waals surface area (Å²) in [6, 6.07) is 31.1. The van der Waals surface area contributed by atoms with Crippen molar-refractivity contribution in [1.82, 2.24) is 0 Å². The Morgan fingerprint density at radius 2 is 0.912 bits per heavy atom. The highest BCUT2D eigenvalue weighted by Crippen LogP contribution is 2.27. The van der Waals surface area contributed by atoms with Crippen molar-refractivity contribution in [2.45, 2.75) is 25.7 Å². The van der Waals surface area contributed by atoms with Gasteiger partial charge < -0.3 is 19.7 Å². The molecule has 4 heteroatoms. The molecule has 2 N–H and O–H groups in total. The van der Waals surface area contributed by atoms with Crippen molar-refractivity contribution in [3.63, 3.8) is 0 Å². The van der Waals surface area contributed by atoms with Crippen LogP contribution in [0.4, 0.5) is 0 Å². The quantitative estimate of drug-likeness (QED) is 0.253. The topological polar surface area (TPSA) is 58.9 Å². The minimum Gasteiger partial charge on any atom is -0.508 e. The molecule has 4 aromatic carbocycles. The van der Waals surface area contributed by atoms with Crippen molar-refractivity contribution >= 4 is 0 Å². The smallest absolute Gasteiger partial charge is 0.122 e. The van der Waals surface area contributed by atoms with Crippen molar-refractivity contribution in [2.24, 2.45) is 0 Å². The normalized spacial score (nSPS) is 10.7. The molecule has 0 saturated heterocycles. The maximum absolute atomic E-state index is 10.3. The van der Waals surface area contributed by atoms with Gasteiger partial charge in [-0.15, -0.1) is 0 Å². The number of benzene rings is 4. The van der Waals surface area contributed by atoms with E-state index in [1.165, 1.54) is 0 Å². The molecule has 0 heterocycles. The van der Waals surface area contributed by atoms with Gasteiger partial charge in [0.15, 0.2) is 0 Å². The first-order valence-electron chi connectivity index (χ1n) is 11.6. The second kappa shape index (κ2) is 11.8. The summed E-state index contributed by atoms with van der Waals surface area (Å²) < 4.78 is 11.6. The van der Waals surface area contributed by atoms with E-state index in [0.29, 0.717) is 37.6 Å². The van der Waals surface area contributed by atoms with E-state index in [-0.39, 0.29) is 11.5 Å². The van der Waals surface area contributed by atoms with Gasteiger partial charge in [-0.1, -0.05) is 72.8 Å². The summed E-state index contributed by atoms with van der Waals surface area (Å²) in [5, 5.41) is 20.6. The maximum atomic E-state index is 10.3. The fourth-order valence-electron chi connectivity index (χ4n) is 3.78. The second-order valence-corrected chi connectivity index (χ2v) is 8.31. The Bertz CT molecular complexity index is 1080. The lowest BCUT2D eigenvalue weighted by molar-refractivity contribution is 0.265. The van der Waals surface area contributed by atoms with Gasteiger partial charge in [0.2, 0.25) is 0 Å². The van der Waals surface area contributed by atoms with Crippen LogP contribution >= 0.6 is 0 Å². The lowest BCUT2D eigenvalue weighted by Gasteiger charge is -2.11. The number of phenols is 2. The van der Waals surface area contributed by atoms with E-state index in [2.05, 4.69) is 0 Å². The van der Waals surface area contributed by atoms with Gasteiger partial charge in [0, 0.05) is 25.0 Å². The average molecular weight is 455 g/mol. The molecule has 4 aromatic rings. The zero-order valence-electron chi connectivity index (χ0n) is 19.2. The third-order valence-electron chi connectivity index (χ3n) is 5.66. The molecule has 0 unspecified atom stereocenters. The molecule has 4 rings (SSSR count). The molecular weight excluding hydrogens is 424 g/mol. The van der Waals surface area contributed by atoms with Crippen LogP contribution in [0.3, 0.4) is 0 Å². The SMILES string of the molecule is Oc1cc(OCCCCOc2ccc(Cc3ccccc3)c(O)c2)ccc1Cc1ccccc1. The first-order chi connectivity index (χ1) is 16.7. The molecule has 174 valence electrons. The van der Waals surface area contributed by atoms with Crippen LogP contribution in [-0.4, -0.2) is 23.4 Å². The van der Waals surface area contributed by atoms with Crippen LogP contribution < -0.4 is 9.47 Å². The van der Waals surface area contributed by atoms with E-state index in [4.69, 9.17) is 9.47 Å². The summed E-state index contributed by atoms with van der Waals surface area (Å²) in [6.07, 6.45) is 3.02. The van der Waals surface area contributed by atoms with Crippen molar-refractivity contribution in [1.29, 1.82) is 0 Å². The molecule has 0 atom stereocenters. The summed E-state index contributed by atoms with van der Waals surface area (Å²) in [5.74, 6) is 1.82. The van der Waals surface area contributed by atoms with Crippen molar-refractivity contribution in [3.8, 4) is 23.0 Å². The number of hydrogen-bond donors (Lipinski definition) is 2. The van der Waals surface area contributed by atoms with E-state index in [1.807, 2.05) is 84.9 Å². The second-order valence-electron chi connectivity index (χ2n) is 8.31. The average Bonchev–Trinajstić information content (AvgIpc) is 2.86. The van der Waals surface area contributed by atoms with Gasteiger partial charge in [-0.25, -0.2) is 0 Å². The first-order valence-corrected chi connectivity index (χ1v) is 11.6. The number of rotatable bonds is 11. The van der Waals surface area contributed by atoms with Gasteiger partial charge in [0.25, 0.3) is 0 Å². The van der Waals surface area contributed by atoms with Gasteiger partial charge in [0.05, 0.1) is 13.2 Å². The van der Waals surface area contributed by atoms with Crippen molar-refractivity contribution in [3.05, 3.63) is 119 Å². The Labute approximate surface area is 201 Å². The Hall–Kier alpha value is -3.92. The van der Waals surface area contributed by atoms with Gasteiger partial charge >= 0.3 is 0 Å². The number of hydrogen-bond acceptors (Lipinski definition) is 4. The Morgan fingerprint density at radius 1 is 0.500 bits per heavy atom. The zero-order valence-corrected chi connectivity index (χ0v) is 19.2. The number of aromatic hydroxyl groups is 2. The van der Waals surface area contributed by atoms with Crippen LogP contribution in [-0.2, 0) is 12.8 Å². The molecule has 0 aromatic heterocycles. The lowest BCUT2D eigenvalue weighted by atomic mass is 10.0. The Morgan fingerprint density at radius 3 is 1.29 bits per heavy atom. The van der Waals surface area contributed by atoms with E-state index >= 15 is 0 Å². The molecule has 4 nitrogen and oxygen atoms in total. The van der Waals surface area contributed by atoms with Gasteiger partial charge in [-0.3, -0.25) is 0 Å². The molecule has 0 bridgehead atoms. The van der Waals surface area contributed by atoms with E-state index in [1.54, 1.807) is 12.1 Å². The molecular formula is C30H30O4. The number of phenolic OH excluding ortho intramolecular Hbond substituents is 2. The Kier molecular flexibility index (Phi) is 8.07. The molecule has 0 aliphatic rings. The first kappa shape index (κ1) is 23.2. The standard InChI is InChI=1S/C30H30O4/c31-29-21-27(15-13-25(29)19-23-9-3-1-4-10-23)33-17-7-8-18-34-28-16-14-26(30(32)22-28)20-24-11-5-2-6-12-24/h1-6,9-16,21-22,31-32H,7-8,17-20H2. The molecule has 0 spiro atoms. The third kappa shape index (κ3) is 6.79. The minimum atomic E-state index is 0.250. The zero-order chi connectivity index (χ0) is 23.6. The molecule has 0 aliphatic heterocycles. The van der Waals surface area contributed by atoms with Gasteiger partial charge in [0.1, 0.15) is 23.0 Å². The summed E-state index contributed by atoms with van der Waals surface area (Å²) in [7, 11) is 0. The van der Waals surface area contributed by atoms with Gasteiger partial charge in [-0.05, 0) is 47.2 Å². The fourth-order valence-corrected chi connectivity index (χ4v) is 3.78. The largest absolute Gasteiger partial charge is 0.508 e. The molecule has 0 radical (unpaired) electrons. The van der Waals surface area contributed by atoms with Crippen LogP contribution in [0, 0.1) is 0 Å². The molecule has 0 amide bonds. The van der Waals surface area contributed by atoms with Gasteiger partial charge in [-0.2, -0.15) is 0 Å². The molecule has 0 saturated carbocycles. The highest BCUT2D eigenvalue weighted by Gasteiger charge is 2.06. The monoisotopic (exact) mass is 454 g/mol. The summed E-state index contributed by atoms with van der Waals surface area (Å²) in [6.45, 7) is 1.09. The molecule has 0 fully saturated rings. The maximum Gasteiger partial charge on any atom is 0.122 e. The van der Waals surface area contributed by atoms with Crippen LogP contribution in [0.25, 0.3) is 0 Å². The van der Waals surface area contributed by atoms with Crippen LogP contribution in [0.5, 0.6) is 23.0 Å². The van der Waals surface area contributed by atoms with Crippen LogP contribution in [0.15, 0.2) is 97.1 Å². The fraction of sp³-hybridized carbons (Fsp3) is 0.200.